The second-order valence-corrected chi connectivity index (χ2v) is 5.55. The number of halogens is 3. The minimum absolute atomic E-state index is 0.0490. The Balaban J connectivity index is 2.03. The van der Waals surface area contributed by atoms with Crippen molar-refractivity contribution in [3.8, 4) is 0 Å². The Morgan fingerprint density at radius 2 is 1.71 bits per heavy atom. The molecule has 0 saturated heterocycles. The Hall–Kier alpha value is -2.08. The molecule has 1 amide bonds. The number of benzene rings is 2. The highest BCUT2D eigenvalue weighted by molar-refractivity contribution is 9.10. The van der Waals surface area contributed by atoms with Crippen molar-refractivity contribution in [3.63, 3.8) is 0 Å². The van der Waals surface area contributed by atoms with E-state index in [0.717, 1.165) is 21.0 Å². The van der Waals surface area contributed by atoms with Gasteiger partial charge in [-0.2, -0.15) is 0 Å². The van der Waals surface area contributed by atoms with Crippen LogP contribution in [0.4, 0.5) is 14.5 Å². The van der Waals surface area contributed by atoms with Crippen molar-refractivity contribution >= 4 is 33.3 Å². The molecule has 1 heterocycles. The normalized spacial score (nSPS) is 13.8. The fraction of sp³-hybridized carbons (Fsp3) is 0.0667. The minimum Gasteiger partial charge on any atom is -0.298 e. The lowest BCUT2D eigenvalue weighted by molar-refractivity contribution is -0.114. The van der Waals surface area contributed by atoms with Crippen molar-refractivity contribution < 1.29 is 18.4 Å². The molecular formula is C15H8BrF2NO2. The molecule has 106 valence electrons. The van der Waals surface area contributed by atoms with E-state index >= 15 is 0 Å². The van der Waals surface area contributed by atoms with Crippen LogP contribution in [0.2, 0.25) is 0 Å². The maximum absolute atomic E-state index is 13.9. The first-order valence-corrected chi connectivity index (χ1v) is 6.86. The number of rotatable bonds is 2. The van der Waals surface area contributed by atoms with Gasteiger partial charge in [-0.15, -0.1) is 0 Å². The molecule has 0 unspecified atom stereocenters. The highest BCUT2D eigenvalue weighted by Gasteiger charge is 2.38. The third-order valence-corrected chi connectivity index (χ3v) is 3.76. The van der Waals surface area contributed by atoms with Crippen LogP contribution in [-0.2, 0) is 11.3 Å². The molecular weight excluding hydrogens is 344 g/mol. The van der Waals surface area contributed by atoms with E-state index in [2.05, 4.69) is 15.9 Å². The number of nitrogens with zero attached hydrogens (tertiary/aromatic N) is 1. The number of ketones is 1. The number of carbonyl (C=O) groups excluding carboxylic acids is 2. The summed E-state index contributed by atoms with van der Waals surface area (Å²) in [7, 11) is 0. The van der Waals surface area contributed by atoms with E-state index in [-0.39, 0.29) is 17.8 Å². The topological polar surface area (TPSA) is 37.4 Å². The summed E-state index contributed by atoms with van der Waals surface area (Å²) in [4.78, 5) is 24.8. The van der Waals surface area contributed by atoms with Crippen molar-refractivity contribution in [2.75, 3.05) is 4.90 Å². The SMILES string of the molecule is O=C1C(=O)N(Cc2ccc(Br)cc2)c2c(F)cc(F)cc21. The lowest BCUT2D eigenvalue weighted by Gasteiger charge is -2.17. The van der Waals surface area contributed by atoms with Crippen LogP contribution in [0.3, 0.4) is 0 Å². The smallest absolute Gasteiger partial charge is 0.298 e. The molecule has 6 heteroatoms. The van der Waals surface area contributed by atoms with Crippen LogP contribution >= 0.6 is 15.9 Å². The van der Waals surface area contributed by atoms with Gasteiger partial charge in [0.2, 0.25) is 0 Å². The summed E-state index contributed by atoms with van der Waals surface area (Å²) < 4.78 is 28.0. The predicted octanol–water partition coefficient (Wildman–Crippen LogP) is 3.46. The second kappa shape index (κ2) is 5.04. The number of anilines is 1. The van der Waals surface area contributed by atoms with E-state index in [9.17, 15) is 18.4 Å². The summed E-state index contributed by atoms with van der Waals surface area (Å²) in [5.74, 6) is -3.53. The summed E-state index contributed by atoms with van der Waals surface area (Å²) in [6.07, 6.45) is 0. The average molecular weight is 352 g/mol. The Bertz CT molecular complexity index is 759. The van der Waals surface area contributed by atoms with Crippen molar-refractivity contribution in [1.29, 1.82) is 0 Å². The first-order valence-electron chi connectivity index (χ1n) is 6.07. The number of Topliss-reactive ketones (excluding diaryl/α,β-unsaturated/α-hetero) is 1. The van der Waals surface area contributed by atoms with E-state index in [1.807, 2.05) is 0 Å². The van der Waals surface area contributed by atoms with E-state index in [0.29, 0.717) is 6.07 Å². The summed E-state index contributed by atoms with van der Waals surface area (Å²) in [5, 5.41) is 0. The molecule has 3 nitrogen and oxygen atoms in total. The molecule has 0 bridgehead atoms. The maximum Gasteiger partial charge on any atom is 0.299 e. The van der Waals surface area contributed by atoms with Crippen molar-refractivity contribution in [2.24, 2.45) is 0 Å². The molecule has 0 atom stereocenters. The van der Waals surface area contributed by atoms with E-state index in [4.69, 9.17) is 0 Å². The number of hydrogen-bond acceptors (Lipinski definition) is 2. The summed E-state index contributed by atoms with van der Waals surface area (Å²) in [5.41, 5.74) is 0.347. The number of hydrogen-bond donors (Lipinski definition) is 0. The van der Waals surface area contributed by atoms with Crippen LogP contribution in [0.5, 0.6) is 0 Å². The Morgan fingerprint density at radius 3 is 2.38 bits per heavy atom. The number of amides is 1. The summed E-state index contributed by atoms with van der Waals surface area (Å²) in [6.45, 7) is 0.0490. The molecule has 0 N–H and O–H groups in total. The second-order valence-electron chi connectivity index (χ2n) is 4.63. The van der Waals surface area contributed by atoms with Gasteiger partial charge in [-0.25, -0.2) is 8.78 Å². The summed E-state index contributed by atoms with van der Waals surface area (Å²) in [6, 6.07) is 8.61. The van der Waals surface area contributed by atoms with Crippen LogP contribution in [-0.4, -0.2) is 11.7 Å². The van der Waals surface area contributed by atoms with Crippen LogP contribution in [0.1, 0.15) is 15.9 Å². The lowest BCUT2D eigenvalue weighted by Crippen LogP contribution is -2.29. The zero-order valence-corrected chi connectivity index (χ0v) is 12.2. The Morgan fingerprint density at radius 1 is 1.05 bits per heavy atom. The molecule has 0 aliphatic carbocycles. The van der Waals surface area contributed by atoms with Crippen LogP contribution < -0.4 is 4.90 Å². The van der Waals surface area contributed by atoms with Gasteiger partial charge in [-0.05, 0) is 23.8 Å². The first kappa shape index (κ1) is 13.9. The Labute approximate surface area is 127 Å². The average Bonchev–Trinajstić information content (AvgIpc) is 2.67. The zero-order valence-electron chi connectivity index (χ0n) is 10.6. The van der Waals surface area contributed by atoms with Gasteiger partial charge in [-0.3, -0.25) is 14.5 Å². The molecule has 0 saturated carbocycles. The molecule has 0 fully saturated rings. The minimum atomic E-state index is -0.915. The van der Waals surface area contributed by atoms with Crippen LogP contribution in [0.25, 0.3) is 0 Å². The van der Waals surface area contributed by atoms with Crippen LogP contribution in [0.15, 0.2) is 40.9 Å². The van der Waals surface area contributed by atoms with E-state index in [1.165, 1.54) is 0 Å². The molecule has 3 rings (SSSR count). The third kappa shape index (κ3) is 2.35. The fourth-order valence-electron chi connectivity index (χ4n) is 2.28. The molecule has 21 heavy (non-hydrogen) atoms. The van der Waals surface area contributed by atoms with Gasteiger partial charge in [0.25, 0.3) is 11.7 Å². The molecule has 0 spiro atoms. The maximum atomic E-state index is 13.9. The highest BCUT2D eigenvalue weighted by Crippen LogP contribution is 2.33. The quantitative estimate of drug-likeness (QED) is 0.777. The number of carbonyl (C=O) groups is 2. The third-order valence-electron chi connectivity index (χ3n) is 3.24. The predicted molar refractivity (Wildman–Crippen MR) is 76.0 cm³/mol. The van der Waals surface area contributed by atoms with Gasteiger partial charge in [-0.1, -0.05) is 28.1 Å². The highest BCUT2D eigenvalue weighted by atomic mass is 79.9. The molecule has 2 aromatic rings. The van der Waals surface area contributed by atoms with Gasteiger partial charge in [0.15, 0.2) is 5.82 Å². The Kier molecular flexibility index (Phi) is 3.33. The van der Waals surface area contributed by atoms with Gasteiger partial charge in [0.1, 0.15) is 5.82 Å². The standard InChI is InChI=1S/C15H8BrF2NO2/c16-9-3-1-8(2-4-9)7-19-13-11(14(20)15(19)21)5-10(17)6-12(13)18/h1-6H,7H2. The molecule has 0 aromatic heterocycles. The van der Waals surface area contributed by atoms with Gasteiger partial charge in [0.05, 0.1) is 17.8 Å². The zero-order chi connectivity index (χ0) is 15.1. The molecule has 0 radical (unpaired) electrons. The monoisotopic (exact) mass is 351 g/mol. The number of fused-ring (bicyclic) bond motifs is 1. The van der Waals surface area contributed by atoms with Crippen LogP contribution in [0, 0.1) is 11.6 Å². The molecule has 1 aliphatic heterocycles. The van der Waals surface area contributed by atoms with Crippen molar-refractivity contribution in [2.45, 2.75) is 6.54 Å². The van der Waals surface area contributed by atoms with Gasteiger partial charge in [0, 0.05) is 10.5 Å². The largest absolute Gasteiger partial charge is 0.299 e. The first-order chi connectivity index (χ1) is 9.97. The fourth-order valence-corrected chi connectivity index (χ4v) is 2.54. The van der Waals surface area contributed by atoms with Gasteiger partial charge < -0.3 is 0 Å². The molecule has 1 aliphatic rings. The molecule has 2 aromatic carbocycles. The van der Waals surface area contributed by atoms with E-state index in [1.54, 1.807) is 24.3 Å². The van der Waals surface area contributed by atoms with Gasteiger partial charge >= 0.3 is 0 Å². The van der Waals surface area contributed by atoms with Crippen molar-refractivity contribution in [1.82, 2.24) is 0 Å². The lowest BCUT2D eigenvalue weighted by atomic mass is 10.1. The van der Waals surface area contributed by atoms with Crippen molar-refractivity contribution in [3.05, 3.63) is 63.6 Å². The summed E-state index contributed by atoms with van der Waals surface area (Å²) >= 11 is 3.29. The van der Waals surface area contributed by atoms with E-state index < -0.39 is 23.3 Å².